The minimum Gasteiger partial charge on any atom is -0.481 e. The van der Waals surface area contributed by atoms with Crippen LogP contribution in [0.15, 0.2) is 0 Å². The number of hydrogen-bond donors (Lipinski definition) is 2. The fraction of sp³-hybridized carbons (Fsp3) is 0.950. The highest BCUT2D eigenvalue weighted by atomic mass is 32.2. The molecule has 0 saturated heterocycles. The van der Waals surface area contributed by atoms with Crippen LogP contribution in [0.5, 0.6) is 0 Å². The van der Waals surface area contributed by atoms with Crippen LogP contribution in [0.3, 0.4) is 0 Å². The van der Waals surface area contributed by atoms with Crippen molar-refractivity contribution in [2.24, 2.45) is 0 Å². The molecule has 0 radical (unpaired) electrons. The Morgan fingerprint density at radius 1 is 0.413 bits per heavy atom. The number of thioether (sulfide) groups is 2. The van der Waals surface area contributed by atoms with E-state index < -0.39 is 16.0 Å². The van der Waals surface area contributed by atoms with E-state index >= 15 is 0 Å². The molecular formula is C40H80O4S2. The molecule has 1 atom stereocenters. The van der Waals surface area contributed by atoms with Crippen molar-refractivity contribution in [3.8, 4) is 0 Å². The van der Waals surface area contributed by atoms with Gasteiger partial charge in [0, 0.05) is 6.42 Å². The first-order valence-corrected chi connectivity index (χ1v) is 22.0. The van der Waals surface area contributed by atoms with Crippen molar-refractivity contribution in [3.63, 3.8) is 0 Å². The molecule has 0 heterocycles. The Hall–Kier alpha value is -0.360. The fourth-order valence-corrected chi connectivity index (χ4v) is 8.20. The van der Waals surface area contributed by atoms with Gasteiger partial charge in [-0.25, -0.2) is 4.79 Å². The fourth-order valence-electron chi connectivity index (χ4n) is 5.65. The van der Waals surface area contributed by atoms with Crippen molar-refractivity contribution in [3.05, 3.63) is 0 Å². The lowest BCUT2D eigenvalue weighted by Gasteiger charge is -2.23. The minimum absolute atomic E-state index is 0.222. The molecule has 0 saturated carbocycles. The van der Waals surface area contributed by atoms with E-state index in [1.54, 1.807) is 30.4 Å². The van der Waals surface area contributed by atoms with Gasteiger partial charge >= 0.3 is 11.9 Å². The number of aliphatic carboxylic acids is 2. The monoisotopic (exact) mass is 689 g/mol. The molecule has 0 bridgehead atoms. The molecule has 0 aromatic rings. The molecular weight excluding hydrogens is 609 g/mol. The lowest BCUT2D eigenvalue weighted by Crippen LogP contribution is -2.28. The molecule has 276 valence electrons. The van der Waals surface area contributed by atoms with E-state index in [-0.39, 0.29) is 6.42 Å². The molecule has 0 spiro atoms. The van der Waals surface area contributed by atoms with Gasteiger partial charge in [0.25, 0.3) is 0 Å². The summed E-state index contributed by atoms with van der Waals surface area (Å²) in [5, 5.41) is 17.6. The summed E-state index contributed by atoms with van der Waals surface area (Å²) >= 11 is 3.34. The van der Waals surface area contributed by atoms with Crippen molar-refractivity contribution in [1.29, 1.82) is 0 Å². The van der Waals surface area contributed by atoms with Crippen LogP contribution < -0.4 is 0 Å². The van der Waals surface area contributed by atoms with Crippen molar-refractivity contribution < 1.29 is 19.8 Å². The number of carbonyl (C=O) groups is 2. The summed E-state index contributed by atoms with van der Waals surface area (Å²) in [4.78, 5) is 21.3. The van der Waals surface area contributed by atoms with E-state index in [1.807, 2.05) is 6.92 Å². The quantitative estimate of drug-likeness (QED) is 0.0504. The Morgan fingerprint density at radius 3 is 0.783 bits per heavy atom. The Labute approximate surface area is 296 Å². The molecule has 6 heteroatoms. The summed E-state index contributed by atoms with van der Waals surface area (Å²) < 4.78 is -0.675. The van der Waals surface area contributed by atoms with Crippen LogP contribution in [-0.2, 0) is 9.59 Å². The second-order valence-corrected chi connectivity index (χ2v) is 16.9. The highest BCUT2D eigenvalue weighted by molar-refractivity contribution is 8.19. The van der Waals surface area contributed by atoms with Gasteiger partial charge in [-0.05, 0) is 31.3 Å². The molecule has 0 rings (SSSR count). The van der Waals surface area contributed by atoms with Gasteiger partial charge < -0.3 is 10.2 Å². The average Bonchev–Trinajstić information content (AvgIpc) is 3.04. The van der Waals surface area contributed by atoms with Crippen LogP contribution in [0.2, 0.25) is 0 Å². The third-order valence-corrected chi connectivity index (χ3v) is 12.1. The Bertz CT molecular complexity index is 630. The third-order valence-electron chi connectivity index (χ3n) is 8.94. The van der Waals surface area contributed by atoms with E-state index in [4.69, 9.17) is 5.11 Å². The number of unbranched alkanes of at least 4 members (excludes halogenated alkanes) is 28. The number of hydrogen-bond acceptors (Lipinski definition) is 4. The standard InChI is InChI=1S/C37H74O2S2.C3H6O2/c1-4-6-8-10-12-14-16-18-20-21-23-25-27-29-31-33-35-41-37(3,36(38)39)40-34-32-30-28-26-24-22-19-17-15-13-11-9-7-5-2;1-2-3(4)5/h4-35H2,1-3H3,(H,38,39);2H2,1H3,(H,4,5). The first-order chi connectivity index (χ1) is 22.3. The number of carboxylic acid groups (broad SMARTS) is 2. The normalized spacial score (nSPS) is 12.4. The predicted octanol–water partition coefficient (Wildman–Crippen LogP) is 14.5. The third kappa shape index (κ3) is 38.1. The van der Waals surface area contributed by atoms with Crippen molar-refractivity contribution in [2.45, 2.75) is 231 Å². The maximum atomic E-state index is 12.0. The summed E-state index contributed by atoms with van der Waals surface area (Å²) in [5.41, 5.74) is 0. The number of carboxylic acids is 2. The van der Waals surface area contributed by atoms with Crippen molar-refractivity contribution in [1.82, 2.24) is 0 Å². The summed E-state index contributed by atoms with van der Waals surface area (Å²) in [5.74, 6) is 0.569. The van der Waals surface area contributed by atoms with E-state index in [9.17, 15) is 14.7 Å². The molecule has 0 aromatic carbocycles. The van der Waals surface area contributed by atoms with Crippen LogP contribution in [0.25, 0.3) is 0 Å². The maximum Gasteiger partial charge on any atom is 0.329 e. The lowest BCUT2D eigenvalue weighted by atomic mass is 10.0. The second kappa shape index (κ2) is 39.1. The van der Waals surface area contributed by atoms with Gasteiger partial charge in [-0.1, -0.05) is 201 Å². The predicted molar refractivity (Wildman–Crippen MR) is 209 cm³/mol. The summed E-state index contributed by atoms with van der Waals surface area (Å²) in [7, 11) is 0. The van der Waals surface area contributed by atoms with Gasteiger partial charge in [0.1, 0.15) is 0 Å². The molecule has 0 aliphatic heterocycles. The maximum absolute atomic E-state index is 12.0. The minimum atomic E-state index is -0.745. The van der Waals surface area contributed by atoms with Gasteiger partial charge in [-0.3, -0.25) is 4.79 Å². The lowest BCUT2D eigenvalue weighted by molar-refractivity contribution is -0.137. The Balaban J connectivity index is 0. The van der Waals surface area contributed by atoms with E-state index in [0.717, 1.165) is 24.3 Å². The van der Waals surface area contributed by atoms with Crippen LogP contribution in [0, 0.1) is 0 Å². The van der Waals surface area contributed by atoms with Crippen molar-refractivity contribution >= 4 is 35.5 Å². The van der Waals surface area contributed by atoms with Gasteiger partial charge in [-0.2, -0.15) is 0 Å². The first-order valence-electron chi connectivity index (χ1n) is 20.1. The molecule has 2 N–H and O–H groups in total. The molecule has 0 fully saturated rings. The van der Waals surface area contributed by atoms with Gasteiger partial charge in [0.15, 0.2) is 4.08 Å². The molecule has 0 amide bonds. The second-order valence-electron chi connectivity index (χ2n) is 13.6. The molecule has 0 aliphatic carbocycles. The zero-order valence-electron chi connectivity index (χ0n) is 31.4. The number of rotatable bonds is 36. The summed E-state index contributed by atoms with van der Waals surface area (Å²) in [6.45, 7) is 8.11. The molecule has 0 aliphatic rings. The topological polar surface area (TPSA) is 74.6 Å². The van der Waals surface area contributed by atoms with E-state index in [0.29, 0.717) is 0 Å². The zero-order valence-corrected chi connectivity index (χ0v) is 33.0. The van der Waals surface area contributed by atoms with E-state index in [1.165, 1.54) is 180 Å². The molecule has 4 nitrogen and oxygen atoms in total. The smallest absolute Gasteiger partial charge is 0.329 e. The van der Waals surface area contributed by atoms with Crippen LogP contribution >= 0.6 is 23.5 Å². The Kier molecular flexibility index (Phi) is 40.6. The van der Waals surface area contributed by atoms with Crippen LogP contribution in [0.4, 0.5) is 0 Å². The highest BCUT2D eigenvalue weighted by Crippen LogP contribution is 2.38. The molecule has 0 aromatic heterocycles. The van der Waals surface area contributed by atoms with Gasteiger partial charge in [-0.15, -0.1) is 23.5 Å². The first kappa shape index (κ1) is 47.8. The van der Waals surface area contributed by atoms with Crippen LogP contribution in [0.1, 0.15) is 227 Å². The van der Waals surface area contributed by atoms with Crippen LogP contribution in [-0.4, -0.2) is 37.7 Å². The zero-order chi connectivity index (χ0) is 34.4. The highest BCUT2D eigenvalue weighted by Gasteiger charge is 2.33. The average molecular weight is 689 g/mol. The molecule has 46 heavy (non-hydrogen) atoms. The van der Waals surface area contributed by atoms with Gasteiger partial charge in [0.05, 0.1) is 0 Å². The Morgan fingerprint density at radius 2 is 0.609 bits per heavy atom. The summed E-state index contributed by atoms with van der Waals surface area (Å²) in [6.07, 6.45) is 41.5. The van der Waals surface area contributed by atoms with E-state index in [2.05, 4.69) is 13.8 Å². The summed E-state index contributed by atoms with van der Waals surface area (Å²) in [6, 6.07) is 0. The largest absolute Gasteiger partial charge is 0.481 e. The van der Waals surface area contributed by atoms with Gasteiger partial charge in [0.2, 0.25) is 0 Å². The molecule has 1 unspecified atom stereocenters. The SMILES string of the molecule is CCC(=O)O.CCCCCCCCCCCCCCCCCCSC(C)(SCCCCCCCCCCCCCCCC)C(=O)O. The van der Waals surface area contributed by atoms with Crippen molar-refractivity contribution in [2.75, 3.05) is 11.5 Å².